The van der Waals surface area contributed by atoms with Crippen LogP contribution < -0.4 is 0 Å². The molecule has 1 aliphatic rings. The number of carboxylic acid groups (broad SMARTS) is 1. The van der Waals surface area contributed by atoms with Gasteiger partial charge in [0.15, 0.2) is 5.60 Å². The number of likely N-dealkylation sites (tertiary alicyclic amines) is 1. The summed E-state index contributed by atoms with van der Waals surface area (Å²) < 4.78 is 13.1. The van der Waals surface area contributed by atoms with E-state index in [9.17, 15) is 19.1 Å². The van der Waals surface area contributed by atoms with Gasteiger partial charge in [-0.25, -0.2) is 9.18 Å². The van der Waals surface area contributed by atoms with E-state index in [2.05, 4.69) is 0 Å². The molecule has 3 rings (SSSR count). The second-order valence-electron chi connectivity index (χ2n) is 6.22. The van der Waals surface area contributed by atoms with Gasteiger partial charge in [-0.1, -0.05) is 12.1 Å². The molecule has 132 valence electrons. The summed E-state index contributed by atoms with van der Waals surface area (Å²) >= 11 is 1.36. The number of aryl methyl sites for hydroxylation is 1. The molecule has 1 aromatic heterocycles. The average Bonchev–Trinajstić information content (AvgIpc) is 2.97. The van der Waals surface area contributed by atoms with E-state index in [-0.39, 0.29) is 37.7 Å². The van der Waals surface area contributed by atoms with E-state index in [1.54, 1.807) is 23.1 Å². The second-order valence-corrected chi connectivity index (χ2v) is 7.47. The van der Waals surface area contributed by atoms with Crippen molar-refractivity contribution in [1.82, 2.24) is 4.90 Å². The normalized spacial score (nSPS) is 16.7. The summed E-state index contributed by atoms with van der Waals surface area (Å²) in [5.41, 5.74) is -0.0259. The van der Waals surface area contributed by atoms with Gasteiger partial charge in [-0.3, -0.25) is 4.79 Å². The number of carbonyl (C=O) groups is 2. The summed E-state index contributed by atoms with van der Waals surface area (Å²) in [6, 6.07) is 7.89. The van der Waals surface area contributed by atoms with E-state index in [0.29, 0.717) is 4.88 Å². The highest BCUT2D eigenvalue weighted by Gasteiger charge is 2.40. The molecule has 1 aromatic carbocycles. The van der Waals surface area contributed by atoms with Crippen LogP contribution in [-0.4, -0.2) is 45.7 Å². The highest BCUT2D eigenvalue weighted by atomic mass is 32.1. The van der Waals surface area contributed by atoms with Crippen LogP contribution in [-0.2, 0) is 4.79 Å². The highest BCUT2D eigenvalue weighted by molar-refractivity contribution is 7.14. The first-order valence-corrected chi connectivity index (χ1v) is 8.73. The fraction of sp³-hybridized carbons (Fsp3) is 0.333. The van der Waals surface area contributed by atoms with Crippen LogP contribution in [0.4, 0.5) is 4.39 Å². The van der Waals surface area contributed by atoms with Crippen molar-refractivity contribution < 1.29 is 24.2 Å². The van der Waals surface area contributed by atoms with E-state index in [0.717, 1.165) is 16.0 Å². The Labute approximate surface area is 148 Å². The zero-order valence-electron chi connectivity index (χ0n) is 13.7. The van der Waals surface area contributed by atoms with Gasteiger partial charge < -0.3 is 15.1 Å². The Bertz CT molecular complexity index is 807. The number of nitrogens with zero attached hydrogens (tertiary/aromatic N) is 1. The molecule has 2 heterocycles. The van der Waals surface area contributed by atoms with E-state index < -0.39 is 11.6 Å². The van der Waals surface area contributed by atoms with Crippen LogP contribution in [0.25, 0.3) is 11.1 Å². The molecule has 1 amide bonds. The largest absolute Gasteiger partial charge is 0.479 e. The lowest BCUT2D eigenvalue weighted by atomic mass is 9.91. The monoisotopic (exact) mass is 363 g/mol. The molecule has 2 aromatic rings. The van der Waals surface area contributed by atoms with Crippen molar-refractivity contribution in [3.8, 4) is 11.1 Å². The maximum atomic E-state index is 13.1. The van der Waals surface area contributed by atoms with Crippen LogP contribution in [0.5, 0.6) is 0 Å². The van der Waals surface area contributed by atoms with Crippen LogP contribution >= 0.6 is 11.3 Å². The lowest BCUT2D eigenvalue weighted by Crippen LogP contribution is -2.50. The Balaban J connectivity index is 1.77. The third-order valence-electron chi connectivity index (χ3n) is 4.56. The van der Waals surface area contributed by atoms with Gasteiger partial charge in [0.25, 0.3) is 5.91 Å². The van der Waals surface area contributed by atoms with Crippen LogP contribution in [0.1, 0.15) is 27.4 Å². The van der Waals surface area contributed by atoms with Gasteiger partial charge in [0.2, 0.25) is 0 Å². The number of hydrogen-bond acceptors (Lipinski definition) is 4. The van der Waals surface area contributed by atoms with E-state index in [1.165, 1.54) is 23.5 Å². The third-order valence-corrected chi connectivity index (χ3v) is 5.60. The summed E-state index contributed by atoms with van der Waals surface area (Å²) in [5.74, 6) is -1.73. The topological polar surface area (TPSA) is 77.8 Å². The predicted octanol–water partition coefficient (Wildman–Crippen LogP) is 2.91. The number of amides is 1. The lowest BCUT2D eigenvalue weighted by molar-refractivity contribution is -0.162. The van der Waals surface area contributed by atoms with Gasteiger partial charge in [-0.2, -0.15) is 0 Å². The van der Waals surface area contributed by atoms with Gasteiger partial charge >= 0.3 is 5.97 Å². The molecule has 1 saturated heterocycles. The van der Waals surface area contributed by atoms with Crippen molar-refractivity contribution in [3.05, 3.63) is 45.9 Å². The molecule has 25 heavy (non-hydrogen) atoms. The fourth-order valence-electron chi connectivity index (χ4n) is 2.95. The minimum Gasteiger partial charge on any atom is -0.479 e. The molecular weight excluding hydrogens is 345 g/mol. The second kappa shape index (κ2) is 6.57. The molecular formula is C18H18FNO4S. The molecule has 0 bridgehead atoms. The standard InChI is InChI=1S/C18H18FNO4S/c1-11-14(12-2-4-13(19)5-3-12)10-15(25-11)16(21)20-8-6-18(24,7-9-20)17(22)23/h2-5,10,24H,6-9H2,1H3,(H,22,23). The molecule has 7 heteroatoms. The number of halogens is 1. The van der Waals surface area contributed by atoms with Gasteiger partial charge in [0, 0.05) is 30.8 Å². The Morgan fingerprint density at radius 1 is 1.20 bits per heavy atom. The maximum absolute atomic E-state index is 13.1. The number of carbonyl (C=O) groups excluding carboxylic acids is 1. The molecule has 0 atom stereocenters. The Morgan fingerprint density at radius 2 is 1.80 bits per heavy atom. The molecule has 0 spiro atoms. The first kappa shape index (κ1) is 17.6. The molecule has 0 radical (unpaired) electrons. The van der Waals surface area contributed by atoms with E-state index in [1.807, 2.05) is 6.92 Å². The molecule has 1 fully saturated rings. The predicted molar refractivity (Wildman–Crippen MR) is 92.2 cm³/mol. The number of thiophene rings is 1. The van der Waals surface area contributed by atoms with Crippen molar-refractivity contribution in [2.75, 3.05) is 13.1 Å². The minimum atomic E-state index is -1.75. The number of aliphatic carboxylic acids is 1. The van der Waals surface area contributed by atoms with Gasteiger partial charge in [-0.15, -0.1) is 11.3 Å². The zero-order chi connectivity index (χ0) is 18.2. The number of hydrogen-bond donors (Lipinski definition) is 2. The summed E-state index contributed by atoms with van der Waals surface area (Å²) in [4.78, 5) is 26.8. The summed E-state index contributed by atoms with van der Waals surface area (Å²) in [7, 11) is 0. The van der Waals surface area contributed by atoms with Crippen molar-refractivity contribution in [2.24, 2.45) is 0 Å². The van der Waals surface area contributed by atoms with E-state index >= 15 is 0 Å². The van der Waals surface area contributed by atoms with Crippen LogP contribution in [0.2, 0.25) is 0 Å². The smallest absolute Gasteiger partial charge is 0.335 e. The maximum Gasteiger partial charge on any atom is 0.335 e. The van der Waals surface area contributed by atoms with Gasteiger partial charge in [0.1, 0.15) is 5.82 Å². The van der Waals surface area contributed by atoms with E-state index in [4.69, 9.17) is 5.11 Å². The number of rotatable bonds is 3. The SMILES string of the molecule is Cc1sc(C(=O)N2CCC(O)(C(=O)O)CC2)cc1-c1ccc(F)cc1. The van der Waals surface area contributed by atoms with Gasteiger partial charge in [0.05, 0.1) is 4.88 Å². The van der Waals surface area contributed by atoms with Gasteiger partial charge in [-0.05, 0) is 36.2 Å². The van der Waals surface area contributed by atoms with Crippen molar-refractivity contribution in [1.29, 1.82) is 0 Å². The number of carboxylic acids is 1. The zero-order valence-corrected chi connectivity index (χ0v) is 14.5. The third kappa shape index (κ3) is 3.43. The lowest BCUT2D eigenvalue weighted by Gasteiger charge is -2.35. The Morgan fingerprint density at radius 3 is 2.36 bits per heavy atom. The molecule has 2 N–H and O–H groups in total. The van der Waals surface area contributed by atoms with Crippen LogP contribution in [0.3, 0.4) is 0 Å². The molecule has 0 unspecified atom stereocenters. The molecule has 1 aliphatic heterocycles. The first-order chi connectivity index (χ1) is 11.8. The van der Waals surface area contributed by atoms with Crippen molar-refractivity contribution >= 4 is 23.2 Å². The summed E-state index contributed by atoms with van der Waals surface area (Å²) in [5, 5.41) is 19.0. The summed E-state index contributed by atoms with van der Waals surface area (Å²) in [6.45, 7) is 2.30. The average molecular weight is 363 g/mol. The number of benzene rings is 1. The molecule has 5 nitrogen and oxygen atoms in total. The van der Waals surface area contributed by atoms with Crippen LogP contribution in [0, 0.1) is 12.7 Å². The Kier molecular flexibility index (Phi) is 4.62. The van der Waals surface area contributed by atoms with Crippen molar-refractivity contribution in [3.63, 3.8) is 0 Å². The highest BCUT2D eigenvalue weighted by Crippen LogP contribution is 2.33. The molecule has 0 aliphatic carbocycles. The molecule has 0 saturated carbocycles. The quantitative estimate of drug-likeness (QED) is 0.879. The Hall–Kier alpha value is -2.25. The summed E-state index contributed by atoms with van der Waals surface area (Å²) in [6.07, 6.45) is 0.0342. The fourth-order valence-corrected chi connectivity index (χ4v) is 3.96. The number of piperidine rings is 1. The van der Waals surface area contributed by atoms with Crippen LogP contribution in [0.15, 0.2) is 30.3 Å². The van der Waals surface area contributed by atoms with Crippen molar-refractivity contribution in [2.45, 2.75) is 25.4 Å². The minimum absolute atomic E-state index is 0.0171. The first-order valence-electron chi connectivity index (χ1n) is 7.91. The number of aliphatic hydroxyl groups is 1.